The van der Waals surface area contributed by atoms with E-state index in [4.69, 9.17) is 28.1 Å². The molecule has 0 saturated carbocycles. The lowest BCUT2D eigenvalue weighted by Gasteiger charge is -2.42. The van der Waals surface area contributed by atoms with E-state index in [9.17, 15) is 9.90 Å². The van der Waals surface area contributed by atoms with E-state index < -0.39 is 38.3 Å². The van der Waals surface area contributed by atoms with Gasteiger partial charge < -0.3 is 33.2 Å². The normalized spacial score (nSPS) is 16.5. The van der Waals surface area contributed by atoms with Crippen LogP contribution < -0.4 is 14.2 Å². The van der Waals surface area contributed by atoms with Crippen LogP contribution in [0.1, 0.15) is 84.1 Å². The molecule has 1 N–H and O–H groups in total. The van der Waals surface area contributed by atoms with Gasteiger partial charge in [-0.2, -0.15) is 0 Å². The van der Waals surface area contributed by atoms with Gasteiger partial charge in [-0.3, -0.25) is 4.79 Å². The summed E-state index contributed by atoms with van der Waals surface area (Å²) in [4.78, 5) is 14.5. The minimum Gasteiger partial charge on any atom is -0.497 e. The summed E-state index contributed by atoms with van der Waals surface area (Å²) in [5.74, 6) is 0.217. The predicted octanol–water partition coefficient (Wildman–Crippen LogP) is 12.0. The summed E-state index contributed by atoms with van der Waals surface area (Å²) in [7, 11) is 1.09. The number of para-hydroxylation sites is 1. The molecule has 3 aromatic rings. The summed E-state index contributed by atoms with van der Waals surface area (Å²) >= 11 is 0. The molecule has 0 aliphatic rings. The first-order valence-corrected chi connectivity index (χ1v) is 24.7. The average molecular weight is 857 g/mol. The number of benzene rings is 3. The Morgan fingerprint density at radius 3 is 1.87 bits per heavy atom. The van der Waals surface area contributed by atoms with Crippen LogP contribution in [0.4, 0.5) is 0 Å². The average Bonchev–Trinajstić information content (AvgIpc) is 3.22. The van der Waals surface area contributed by atoms with Gasteiger partial charge in [0, 0.05) is 17.8 Å². The molecule has 0 spiro atoms. The van der Waals surface area contributed by atoms with Crippen molar-refractivity contribution >= 4 is 14.3 Å². The van der Waals surface area contributed by atoms with Crippen molar-refractivity contribution in [2.24, 2.45) is 29.6 Å². The van der Waals surface area contributed by atoms with Gasteiger partial charge in [0.15, 0.2) is 8.32 Å². The lowest BCUT2D eigenvalue weighted by molar-refractivity contribution is -0.147. The Bertz CT molecular complexity index is 1840. The molecule has 0 aliphatic carbocycles. The third kappa shape index (κ3) is 15.4. The first-order chi connectivity index (χ1) is 28.7. The van der Waals surface area contributed by atoms with Crippen LogP contribution in [0.5, 0.6) is 17.2 Å². The van der Waals surface area contributed by atoms with Crippen molar-refractivity contribution in [2.75, 3.05) is 20.8 Å². The molecule has 0 fully saturated rings. The number of hydrogen-bond acceptors (Lipinski definition) is 8. The molecule has 0 aromatic heterocycles. The number of aliphatic hydroxyl groups excluding tert-OH is 1. The predicted molar refractivity (Wildman–Crippen MR) is 252 cm³/mol. The topological polar surface area (TPSA) is 92.7 Å². The maximum atomic E-state index is 14.5. The summed E-state index contributed by atoms with van der Waals surface area (Å²) in [6.07, 6.45) is 6.46. The molecular weight excluding hydrogens is 781 g/mol. The van der Waals surface area contributed by atoms with E-state index in [-0.39, 0.29) is 35.3 Å². The van der Waals surface area contributed by atoms with Gasteiger partial charge in [0.25, 0.3) is 0 Å². The Morgan fingerprint density at radius 2 is 1.36 bits per heavy atom. The van der Waals surface area contributed by atoms with Gasteiger partial charge in [0.2, 0.25) is 0 Å². The molecule has 336 valence electrons. The largest absolute Gasteiger partial charge is 0.497 e. The van der Waals surface area contributed by atoms with Gasteiger partial charge in [-0.15, -0.1) is 0 Å². The van der Waals surface area contributed by atoms with Crippen LogP contribution in [-0.4, -0.2) is 58.5 Å². The summed E-state index contributed by atoms with van der Waals surface area (Å²) in [6.45, 7) is 30.8. The summed E-state index contributed by atoms with van der Waals surface area (Å²) in [5.41, 5.74) is 4.72. The SMILES string of the molecule is C=C/C=C\[C@H](C)[C@H](OCc1ccc(OC)cc1)[C@@H](C)[C@H](O)[C@@H](C/C(C)=C\[C@H](C)[C@@H](O[Si](C)(C)C(C)(C)C)[C@@H](C)COCc1ccc(OC)cc1)C(=O)Oc1c(C)cccc1C. The van der Waals surface area contributed by atoms with Gasteiger partial charge in [0.05, 0.1) is 58.3 Å². The van der Waals surface area contributed by atoms with Gasteiger partial charge in [-0.25, -0.2) is 0 Å². The van der Waals surface area contributed by atoms with Crippen molar-refractivity contribution < 1.29 is 38.0 Å². The van der Waals surface area contributed by atoms with E-state index in [1.165, 1.54) is 0 Å². The van der Waals surface area contributed by atoms with E-state index in [2.05, 4.69) is 67.3 Å². The highest BCUT2D eigenvalue weighted by Crippen LogP contribution is 2.40. The van der Waals surface area contributed by atoms with Crippen molar-refractivity contribution in [3.8, 4) is 17.2 Å². The molecule has 0 aliphatic heterocycles. The number of esters is 1. The van der Waals surface area contributed by atoms with Crippen LogP contribution in [0.3, 0.4) is 0 Å². The molecule has 9 heteroatoms. The second-order valence-corrected chi connectivity index (χ2v) is 23.2. The highest BCUT2D eigenvalue weighted by molar-refractivity contribution is 6.74. The highest BCUT2D eigenvalue weighted by atomic mass is 28.4. The maximum Gasteiger partial charge on any atom is 0.317 e. The molecule has 0 heterocycles. The van der Waals surface area contributed by atoms with Crippen molar-refractivity contribution in [3.63, 3.8) is 0 Å². The molecule has 0 amide bonds. The summed E-state index contributed by atoms with van der Waals surface area (Å²) < 4.78 is 37.0. The number of ether oxygens (including phenoxy) is 5. The van der Waals surface area contributed by atoms with Crippen molar-refractivity contribution in [1.29, 1.82) is 0 Å². The number of aliphatic hydroxyl groups is 1. The fourth-order valence-corrected chi connectivity index (χ4v) is 8.98. The molecule has 0 saturated heterocycles. The molecule has 0 bridgehead atoms. The first kappa shape index (κ1) is 51.4. The third-order valence-electron chi connectivity index (χ3n) is 12.3. The number of rotatable bonds is 24. The molecule has 0 unspecified atom stereocenters. The Labute approximate surface area is 369 Å². The lowest BCUT2D eigenvalue weighted by atomic mass is 9.80. The van der Waals surface area contributed by atoms with Crippen LogP contribution in [0.25, 0.3) is 0 Å². The first-order valence-electron chi connectivity index (χ1n) is 21.8. The molecule has 8 atom stereocenters. The standard InChI is InChI=1S/C52H76O8Si/c1-16-17-19-38(5)50(58-34-43-24-28-45(56-13)29-25-43)41(8)47(53)46(51(54)59-48-36(3)20-18-21-37(48)4)31-35(2)30-39(6)49(60-61(14,15)52(9,10)11)40(7)32-57-33-42-22-26-44(55-12)27-23-42/h16-30,38-41,46-47,49-50,53H,1,31-34H2,2-15H3/b19-17-,35-30-/t38-,39-,40-,41-,46+,47-,49+,50-/m0/s1. The fraction of sp³-hybridized carbons (Fsp3) is 0.519. The Morgan fingerprint density at radius 1 is 0.820 bits per heavy atom. The molecule has 61 heavy (non-hydrogen) atoms. The van der Waals surface area contributed by atoms with Gasteiger partial charge in [-0.1, -0.05) is 127 Å². The Hall–Kier alpha value is -3.99. The lowest BCUT2D eigenvalue weighted by Crippen LogP contribution is -2.47. The number of allylic oxidation sites excluding steroid dienone is 3. The molecule has 0 radical (unpaired) electrons. The highest BCUT2D eigenvalue weighted by Gasteiger charge is 2.42. The molecular formula is C52H76O8Si. The second-order valence-electron chi connectivity index (χ2n) is 18.5. The van der Waals surface area contributed by atoms with E-state index in [0.717, 1.165) is 39.3 Å². The minimum absolute atomic E-state index is 0.000186. The summed E-state index contributed by atoms with van der Waals surface area (Å²) in [6, 6.07) is 21.5. The van der Waals surface area contributed by atoms with Crippen LogP contribution in [0.15, 0.2) is 103 Å². The molecule has 3 aromatic carbocycles. The van der Waals surface area contributed by atoms with Crippen LogP contribution in [0, 0.1) is 43.4 Å². The van der Waals surface area contributed by atoms with Gasteiger partial charge in [0.1, 0.15) is 17.2 Å². The quantitative estimate of drug-likeness (QED) is 0.0313. The van der Waals surface area contributed by atoms with Crippen LogP contribution >= 0.6 is 0 Å². The van der Waals surface area contributed by atoms with E-state index in [0.29, 0.717) is 25.6 Å². The fourth-order valence-electron chi connectivity index (χ4n) is 7.50. The number of methoxy groups -OCH3 is 2. The number of aryl methyl sites for hydroxylation is 2. The minimum atomic E-state index is -2.21. The van der Waals surface area contributed by atoms with Gasteiger partial charge in [-0.05, 0) is 97.8 Å². The van der Waals surface area contributed by atoms with E-state index in [1.54, 1.807) is 20.3 Å². The monoisotopic (exact) mass is 857 g/mol. The Kier molecular flexibility index (Phi) is 20.2. The second kappa shape index (κ2) is 24.0. The van der Waals surface area contributed by atoms with Crippen molar-refractivity contribution in [1.82, 2.24) is 0 Å². The maximum absolute atomic E-state index is 14.5. The van der Waals surface area contributed by atoms with Crippen LogP contribution in [0.2, 0.25) is 18.1 Å². The zero-order valence-electron chi connectivity index (χ0n) is 39.6. The Balaban J connectivity index is 1.97. The summed E-state index contributed by atoms with van der Waals surface area (Å²) in [5, 5.41) is 12.4. The smallest absolute Gasteiger partial charge is 0.317 e. The van der Waals surface area contributed by atoms with Crippen molar-refractivity contribution in [2.45, 2.75) is 125 Å². The van der Waals surface area contributed by atoms with Crippen molar-refractivity contribution in [3.05, 3.63) is 125 Å². The zero-order chi connectivity index (χ0) is 45.5. The number of carbonyl (C=O) groups excluding carboxylic acids is 1. The van der Waals surface area contributed by atoms with Gasteiger partial charge >= 0.3 is 5.97 Å². The zero-order valence-corrected chi connectivity index (χ0v) is 40.6. The number of carbonyl (C=O) groups is 1. The number of hydrogen-bond donors (Lipinski definition) is 1. The molecule has 3 rings (SSSR count). The third-order valence-corrected chi connectivity index (χ3v) is 16.7. The van der Waals surface area contributed by atoms with E-state index >= 15 is 0 Å². The van der Waals surface area contributed by atoms with Crippen LogP contribution in [-0.2, 0) is 31.9 Å². The molecule has 8 nitrogen and oxygen atoms in total. The van der Waals surface area contributed by atoms with E-state index in [1.807, 2.05) is 107 Å².